The Bertz CT molecular complexity index is 740. The van der Waals surface area contributed by atoms with Crippen LogP contribution in [0, 0.1) is 0 Å². The van der Waals surface area contributed by atoms with Crippen LogP contribution in [-0.4, -0.2) is 19.1 Å². The van der Waals surface area contributed by atoms with Gasteiger partial charge in [0.05, 0.1) is 11.3 Å². The SMILES string of the molecule is FC(F)(F)c1cc(Cc2ccccc2)cc2c1N[C@H]1CCNC[C@@H]21. The lowest BCUT2D eigenvalue weighted by atomic mass is 9.88. The van der Waals surface area contributed by atoms with Crippen LogP contribution in [0.3, 0.4) is 0 Å². The van der Waals surface area contributed by atoms with Crippen molar-refractivity contribution in [2.75, 3.05) is 18.4 Å². The molecule has 2 aromatic carbocycles. The van der Waals surface area contributed by atoms with E-state index in [1.54, 1.807) is 0 Å². The lowest BCUT2D eigenvalue weighted by Crippen LogP contribution is -2.38. The highest BCUT2D eigenvalue weighted by Gasteiger charge is 2.42. The molecular formula is C19H19F3N2. The van der Waals surface area contributed by atoms with E-state index in [0.717, 1.165) is 36.2 Å². The van der Waals surface area contributed by atoms with E-state index in [9.17, 15) is 13.2 Å². The molecule has 2 atom stereocenters. The van der Waals surface area contributed by atoms with E-state index in [1.807, 2.05) is 36.4 Å². The fourth-order valence-electron chi connectivity index (χ4n) is 3.88. The molecule has 24 heavy (non-hydrogen) atoms. The van der Waals surface area contributed by atoms with Crippen molar-refractivity contribution in [1.29, 1.82) is 0 Å². The van der Waals surface area contributed by atoms with Crippen LogP contribution in [-0.2, 0) is 12.6 Å². The maximum absolute atomic E-state index is 13.6. The van der Waals surface area contributed by atoms with Crippen molar-refractivity contribution >= 4 is 5.69 Å². The molecule has 2 aromatic rings. The van der Waals surface area contributed by atoms with Crippen molar-refractivity contribution in [3.63, 3.8) is 0 Å². The molecule has 0 bridgehead atoms. The zero-order valence-electron chi connectivity index (χ0n) is 13.2. The van der Waals surface area contributed by atoms with Crippen LogP contribution in [0.2, 0.25) is 0 Å². The molecule has 2 aliphatic heterocycles. The van der Waals surface area contributed by atoms with Crippen molar-refractivity contribution < 1.29 is 13.2 Å². The van der Waals surface area contributed by atoms with Gasteiger partial charge in [0, 0.05) is 18.5 Å². The molecule has 2 N–H and O–H groups in total. The van der Waals surface area contributed by atoms with Gasteiger partial charge in [0.25, 0.3) is 0 Å². The van der Waals surface area contributed by atoms with Crippen LogP contribution in [0.1, 0.15) is 34.6 Å². The molecule has 0 aromatic heterocycles. The van der Waals surface area contributed by atoms with Crippen LogP contribution in [0.4, 0.5) is 18.9 Å². The molecule has 0 amide bonds. The number of benzene rings is 2. The molecular weight excluding hydrogens is 313 g/mol. The van der Waals surface area contributed by atoms with E-state index >= 15 is 0 Å². The second-order valence-electron chi connectivity index (χ2n) is 6.62. The Morgan fingerprint density at radius 1 is 1.04 bits per heavy atom. The highest BCUT2D eigenvalue weighted by atomic mass is 19.4. The third kappa shape index (κ3) is 2.77. The maximum Gasteiger partial charge on any atom is 0.418 e. The van der Waals surface area contributed by atoms with Crippen LogP contribution < -0.4 is 10.6 Å². The van der Waals surface area contributed by atoms with Gasteiger partial charge < -0.3 is 10.6 Å². The van der Waals surface area contributed by atoms with E-state index in [2.05, 4.69) is 10.6 Å². The first-order chi connectivity index (χ1) is 11.5. The summed E-state index contributed by atoms with van der Waals surface area (Å²) in [6, 6.07) is 13.0. The number of fused-ring (bicyclic) bond motifs is 3. The van der Waals surface area contributed by atoms with Gasteiger partial charge in [0.1, 0.15) is 0 Å². The van der Waals surface area contributed by atoms with Gasteiger partial charge in [0.2, 0.25) is 0 Å². The smallest absolute Gasteiger partial charge is 0.381 e. The lowest BCUT2D eigenvalue weighted by molar-refractivity contribution is -0.137. The van der Waals surface area contributed by atoms with Gasteiger partial charge in [0.15, 0.2) is 0 Å². The molecule has 0 unspecified atom stereocenters. The summed E-state index contributed by atoms with van der Waals surface area (Å²) in [5, 5.41) is 6.45. The van der Waals surface area contributed by atoms with Gasteiger partial charge in [-0.25, -0.2) is 0 Å². The van der Waals surface area contributed by atoms with E-state index in [-0.39, 0.29) is 17.6 Å². The predicted molar refractivity (Wildman–Crippen MR) is 88.3 cm³/mol. The number of hydrogen-bond acceptors (Lipinski definition) is 2. The first-order valence-corrected chi connectivity index (χ1v) is 8.27. The summed E-state index contributed by atoms with van der Waals surface area (Å²) in [5.74, 6) is 0.116. The van der Waals surface area contributed by atoms with Gasteiger partial charge in [-0.15, -0.1) is 0 Å². The van der Waals surface area contributed by atoms with E-state index in [4.69, 9.17) is 0 Å². The minimum absolute atomic E-state index is 0.106. The molecule has 0 radical (unpaired) electrons. The summed E-state index contributed by atoms with van der Waals surface area (Å²) in [4.78, 5) is 0. The van der Waals surface area contributed by atoms with Gasteiger partial charge in [-0.3, -0.25) is 0 Å². The molecule has 1 fully saturated rings. The molecule has 2 nitrogen and oxygen atoms in total. The number of hydrogen-bond donors (Lipinski definition) is 2. The Morgan fingerprint density at radius 2 is 1.83 bits per heavy atom. The molecule has 2 heterocycles. The van der Waals surface area contributed by atoms with Gasteiger partial charge in [-0.2, -0.15) is 13.2 Å². The third-order valence-corrected chi connectivity index (χ3v) is 5.00. The Hall–Kier alpha value is -2.01. The standard InChI is InChI=1S/C19H19F3N2/c20-19(21,22)16-10-13(8-12-4-2-1-3-5-12)9-14-15-11-23-7-6-17(15)24-18(14)16/h1-5,9-10,15,17,23-24H,6-8,11H2/t15-,17-/m0/s1. The van der Waals surface area contributed by atoms with Crippen molar-refractivity contribution in [1.82, 2.24) is 5.32 Å². The second kappa shape index (κ2) is 5.81. The van der Waals surface area contributed by atoms with Crippen molar-refractivity contribution in [2.45, 2.75) is 31.0 Å². The predicted octanol–water partition coefficient (Wildman–Crippen LogP) is 4.17. The normalized spacial score (nSPS) is 22.6. The zero-order valence-corrected chi connectivity index (χ0v) is 13.2. The summed E-state index contributed by atoms with van der Waals surface area (Å²) in [6.07, 6.45) is -2.97. The second-order valence-corrected chi connectivity index (χ2v) is 6.62. The molecule has 0 saturated carbocycles. The lowest BCUT2D eigenvalue weighted by Gasteiger charge is -2.26. The quantitative estimate of drug-likeness (QED) is 0.863. The monoisotopic (exact) mass is 332 g/mol. The minimum Gasteiger partial charge on any atom is -0.381 e. The van der Waals surface area contributed by atoms with Crippen LogP contribution in [0.15, 0.2) is 42.5 Å². The number of halogens is 3. The number of rotatable bonds is 2. The molecule has 4 rings (SSSR count). The Labute approximate surface area is 139 Å². The number of nitrogens with one attached hydrogen (secondary N) is 2. The first-order valence-electron chi connectivity index (χ1n) is 8.27. The molecule has 126 valence electrons. The molecule has 0 aliphatic carbocycles. The van der Waals surface area contributed by atoms with Gasteiger partial charge >= 0.3 is 6.18 Å². The third-order valence-electron chi connectivity index (χ3n) is 5.00. The van der Waals surface area contributed by atoms with Gasteiger partial charge in [-0.1, -0.05) is 36.4 Å². The Morgan fingerprint density at radius 3 is 2.58 bits per heavy atom. The summed E-state index contributed by atoms with van der Waals surface area (Å²) in [5.41, 5.74) is 2.32. The summed E-state index contributed by atoms with van der Waals surface area (Å²) in [6.45, 7) is 1.58. The fraction of sp³-hybridized carbons (Fsp3) is 0.368. The summed E-state index contributed by atoms with van der Waals surface area (Å²) in [7, 11) is 0. The Balaban J connectivity index is 1.77. The van der Waals surface area contributed by atoms with E-state index < -0.39 is 11.7 Å². The number of alkyl halides is 3. The largest absolute Gasteiger partial charge is 0.418 e. The summed E-state index contributed by atoms with van der Waals surface area (Å²) >= 11 is 0. The van der Waals surface area contributed by atoms with E-state index in [1.165, 1.54) is 6.07 Å². The van der Waals surface area contributed by atoms with Gasteiger partial charge in [-0.05, 0) is 42.1 Å². The minimum atomic E-state index is -4.34. The highest BCUT2D eigenvalue weighted by Crippen LogP contribution is 2.46. The number of piperidine rings is 1. The van der Waals surface area contributed by atoms with Crippen LogP contribution >= 0.6 is 0 Å². The average Bonchev–Trinajstić information content (AvgIpc) is 2.93. The van der Waals surface area contributed by atoms with Crippen molar-refractivity contribution in [3.8, 4) is 0 Å². The summed E-state index contributed by atoms with van der Waals surface area (Å²) < 4.78 is 40.8. The van der Waals surface area contributed by atoms with Crippen LogP contribution in [0.25, 0.3) is 0 Å². The van der Waals surface area contributed by atoms with Crippen LogP contribution in [0.5, 0.6) is 0 Å². The first kappa shape index (κ1) is 15.5. The Kier molecular flexibility index (Phi) is 3.76. The molecule has 5 heteroatoms. The average molecular weight is 332 g/mol. The van der Waals surface area contributed by atoms with Crippen molar-refractivity contribution in [3.05, 3.63) is 64.7 Å². The fourth-order valence-corrected chi connectivity index (χ4v) is 3.88. The number of anilines is 1. The highest BCUT2D eigenvalue weighted by molar-refractivity contribution is 5.67. The van der Waals surface area contributed by atoms with E-state index in [0.29, 0.717) is 6.42 Å². The maximum atomic E-state index is 13.6. The topological polar surface area (TPSA) is 24.1 Å². The molecule has 0 spiro atoms. The molecule has 1 saturated heterocycles. The molecule has 2 aliphatic rings. The van der Waals surface area contributed by atoms with Crippen molar-refractivity contribution in [2.24, 2.45) is 0 Å². The zero-order chi connectivity index (χ0) is 16.7.